The van der Waals surface area contributed by atoms with Crippen molar-refractivity contribution >= 4 is 21.8 Å². The highest BCUT2D eigenvalue weighted by molar-refractivity contribution is 7.86. The van der Waals surface area contributed by atoms with E-state index in [1.54, 1.807) is 13.8 Å². The summed E-state index contributed by atoms with van der Waals surface area (Å²) < 4.78 is 34.1. The quantitative estimate of drug-likeness (QED) is 0.862. The second-order valence-electron chi connectivity index (χ2n) is 5.21. The number of halogens is 1. The minimum absolute atomic E-state index is 0.0168. The number of carbonyl (C=O) groups excluding carboxylic acids is 1. The van der Waals surface area contributed by atoms with E-state index in [9.17, 15) is 22.2 Å². The summed E-state index contributed by atoms with van der Waals surface area (Å²) in [5.74, 6) is -1.29. The number of carbonyl (C=O) groups is 1. The number of amides is 1. The molecule has 1 N–H and O–H groups in total. The van der Waals surface area contributed by atoms with Crippen LogP contribution in [0.25, 0.3) is 0 Å². The van der Waals surface area contributed by atoms with Crippen molar-refractivity contribution in [3.63, 3.8) is 0 Å². The number of aromatic hydroxyl groups is 1. The number of hydrogen-bond acceptors (Lipinski definition) is 4. The first-order chi connectivity index (χ1) is 9.17. The lowest BCUT2D eigenvalue weighted by molar-refractivity contribution is -0.117. The smallest absolute Gasteiger partial charge is 0.302 e. The molecule has 1 heterocycles. The number of nitrogens with zero attached hydrogens (tertiary/aromatic N) is 1. The van der Waals surface area contributed by atoms with E-state index in [1.807, 2.05) is 0 Å². The highest BCUT2D eigenvalue weighted by Gasteiger charge is 2.34. The first-order valence-electron chi connectivity index (χ1n) is 6.20. The molecule has 1 unspecified atom stereocenters. The third-order valence-electron chi connectivity index (χ3n) is 3.39. The minimum Gasteiger partial charge on any atom is -0.508 e. The molecule has 1 aliphatic heterocycles. The van der Waals surface area contributed by atoms with Gasteiger partial charge in [-0.3, -0.25) is 4.79 Å². The van der Waals surface area contributed by atoms with Crippen LogP contribution in [0.1, 0.15) is 17.5 Å². The lowest BCUT2D eigenvalue weighted by Crippen LogP contribution is -2.27. The molecule has 20 heavy (non-hydrogen) atoms. The normalized spacial score (nSPS) is 19.6. The van der Waals surface area contributed by atoms with Gasteiger partial charge in [-0.15, -0.1) is 3.89 Å². The topological polar surface area (TPSA) is 74.7 Å². The molecular weight excluding hydrogens is 285 g/mol. The first-order valence-corrected chi connectivity index (χ1v) is 7.75. The Bertz CT molecular complexity index is 633. The van der Waals surface area contributed by atoms with Crippen LogP contribution >= 0.6 is 0 Å². The molecule has 1 saturated heterocycles. The monoisotopic (exact) mass is 301 g/mol. The van der Waals surface area contributed by atoms with Gasteiger partial charge in [0.2, 0.25) is 5.91 Å². The summed E-state index contributed by atoms with van der Waals surface area (Å²) in [7, 11) is -4.58. The zero-order valence-corrected chi connectivity index (χ0v) is 12.1. The molecule has 2 rings (SSSR count). The zero-order chi connectivity index (χ0) is 15.1. The molecule has 1 aromatic carbocycles. The van der Waals surface area contributed by atoms with E-state index in [-0.39, 0.29) is 24.6 Å². The molecule has 0 aromatic heterocycles. The van der Waals surface area contributed by atoms with E-state index < -0.39 is 21.9 Å². The molecule has 1 atom stereocenters. The molecule has 1 aliphatic rings. The van der Waals surface area contributed by atoms with Crippen molar-refractivity contribution < 1.29 is 22.2 Å². The molecule has 0 aliphatic carbocycles. The van der Waals surface area contributed by atoms with Crippen LogP contribution in [0.3, 0.4) is 0 Å². The van der Waals surface area contributed by atoms with Crippen molar-refractivity contribution in [2.45, 2.75) is 20.3 Å². The second-order valence-corrected chi connectivity index (χ2v) is 6.62. The lowest BCUT2D eigenvalue weighted by atomic mass is 10.1. The van der Waals surface area contributed by atoms with Crippen molar-refractivity contribution in [2.24, 2.45) is 5.92 Å². The van der Waals surface area contributed by atoms with Crippen LogP contribution in [0.15, 0.2) is 12.1 Å². The van der Waals surface area contributed by atoms with E-state index in [0.29, 0.717) is 5.69 Å². The average molecular weight is 301 g/mol. The number of rotatable bonds is 3. The lowest BCUT2D eigenvalue weighted by Gasteiger charge is -2.21. The second kappa shape index (κ2) is 5.05. The Morgan fingerprint density at radius 2 is 1.90 bits per heavy atom. The van der Waals surface area contributed by atoms with E-state index >= 15 is 0 Å². The summed E-state index contributed by atoms with van der Waals surface area (Å²) in [5.41, 5.74) is 2.10. The van der Waals surface area contributed by atoms with Gasteiger partial charge in [-0.05, 0) is 37.1 Å². The van der Waals surface area contributed by atoms with E-state index in [2.05, 4.69) is 0 Å². The fourth-order valence-electron chi connectivity index (χ4n) is 2.75. The fraction of sp³-hybridized carbons (Fsp3) is 0.462. The number of benzene rings is 1. The average Bonchev–Trinajstić information content (AvgIpc) is 2.55. The number of aryl methyl sites for hydroxylation is 2. The number of hydrogen-bond donors (Lipinski definition) is 1. The van der Waals surface area contributed by atoms with Gasteiger partial charge < -0.3 is 10.0 Å². The predicted octanol–water partition coefficient (Wildman–Crippen LogP) is 1.66. The van der Waals surface area contributed by atoms with Crippen LogP contribution in [-0.4, -0.2) is 31.7 Å². The Kier molecular flexibility index (Phi) is 3.73. The first kappa shape index (κ1) is 14.8. The molecule has 0 spiro atoms. The maximum absolute atomic E-state index is 12.7. The molecule has 7 heteroatoms. The summed E-state index contributed by atoms with van der Waals surface area (Å²) in [6, 6.07) is 3.07. The van der Waals surface area contributed by atoms with Crippen molar-refractivity contribution in [1.82, 2.24) is 0 Å². The summed E-state index contributed by atoms with van der Waals surface area (Å²) in [4.78, 5) is 13.5. The molecule has 1 fully saturated rings. The van der Waals surface area contributed by atoms with Gasteiger partial charge in [-0.2, -0.15) is 8.42 Å². The highest BCUT2D eigenvalue weighted by Crippen LogP contribution is 2.33. The van der Waals surface area contributed by atoms with Gasteiger partial charge in [0.05, 0.1) is 5.75 Å². The van der Waals surface area contributed by atoms with Crippen LogP contribution < -0.4 is 4.90 Å². The molecule has 0 saturated carbocycles. The molecular formula is C13H16FNO4S. The van der Waals surface area contributed by atoms with Crippen LogP contribution in [0.2, 0.25) is 0 Å². The third kappa shape index (κ3) is 3.09. The van der Waals surface area contributed by atoms with E-state index in [0.717, 1.165) is 11.1 Å². The molecule has 0 radical (unpaired) electrons. The number of anilines is 1. The Morgan fingerprint density at radius 3 is 2.40 bits per heavy atom. The summed E-state index contributed by atoms with van der Waals surface area (Å²) in [5, 5.41) is 9.50. The van der Waals surface area contributed by atoms with E-state index in [1.165, 1.54) is 17.0 Å². The zero-order valence-electron chi connectivity index (χ0n) is 11.3. The van der Waals surface area contributed by atoms with Crippen LogP contribution in [-0.2, 0) is 15.0 Å². The fourth-order valence-corrected chi connectivity index (χ4v) is 3.54. The largest absolute Gasteiger partial charge is 0.508 e. The molecule has 1 aromatic rings. The van der Waals surface area contributed by atoms with Crippen molar-refractivity contribution in [3.8, 4) is 5.75 Å². The molecule has 0 bridgehead atoms. The maximum atomic E-state index is 12.7. The molecule has 110 valence electrons. The van der Waals surface area contributed by atoms with Gasteiger partial charge in [-0.1, -0.05) is 0 Å². The van der Waals surface area contributed by atoms with Gasteiger partial charge >= 0.3 is 10.2 Å². The van der Waals surface area contributed by atoms with E-state index in [4.69, 9.17) is 0 Å². The molecule has 5 nitrogen and oxygen atoms in total. The molecule has 1 amide bonds. The van der Waals surface area contributed by atoms with Gasteiger partial charge in [-0.25, -0.2) is 0 Å². The van der Waals surface area contributed by atoms with Crippen LogP contribution in [0, 0.1) is 19.8 Å². The van der Waals surface area contributed by atoms with Crippen molar-refractivity contribution in [3.05, 3.63) is 23.3 Å². The van der Waals surface area contributed by atoms with Gasteiger partial charge in [0.1, 0.15) is 5.75 Å². The van der Waals surface area contributed by atoms with Crippen LogP contribution in [0.4, 0.5) is 9.57 Å². The summed E-state index contributed by atoms with van der Waals surface area (Å²) in [6.07, 6.45) is 0.0168. The standard InChI is InChI=1S/C13H16FNO4S/c1-8-3-11(16)4-9(2)13(8)15-6-10(5-12(15)17)7-20(14,18)19/h3-4,10,16H,5-7H2,1-2H3. The number of phenolic OH excluding ortho intramolecular Hbond substituents is 1. The van der Waals surface area contributed by atoms with Gasteiger partial charge in [0.15, 0.2) is 0 Å². The predicted molar refractivity (Wildman–Crippen MR) is 72.9 cm³/mol. The summed E-state index contributed by atoms with van der Waals surface area (Å²) in [6.45, 7) is 3.69. The maximum Gasteiger partial charge on any atom is 0.302 e. The highest BCUT2D eigenvalue weighted by atomic mass is 32.3. The Morgan fingerprint density at radius 1 is 1.35 bits per heavy atom. The third-order valence-corrected chi connectivity index (χ3v) is 4.26. The Hall–Kier alpha value is -1.63. The van der Waals surface area contributed by atoms with Crippen molar-refractivity contribution in [1.29, 1.82) is 0 Å². The van der Waals surface area contributed by atoms with Crippen LogP contribution in [0.5, 0.6) is 5.75 Å². The number of phenols is 1. The SMILES string of the molecule is Cc1cc(O)cc(C)c1N1CC(CS(=O)(=O)F)CC1=O. The van der Waals surface area contributed by atoms with Gasteiger partial charge in [0.25, 0.3) is 0 Å². The minimum atomic E-state index is -4.58. The Balaban J connectivity index is 2.29. The Labute approximate surface area is 117 Å². The van der Waals surface area contributed by atoms with Crippen molar-refractivity contribution in [2.75, 3.05) is 17.2 Å². The van der Waals surface area contributed by atoms with Gasteiger partial charge in [0, 0.05) is 24.6 Å². The summed E-state index contributed by atoms with van der Waals surface area (Å²) >= 11 is 0.